The van der Waals surface area contributed by atoms with E-state index in [0.29, 0.717) is 19.3 Å². The highest BCUT2D eigenvalue weighted by Crippen LogP contribution is 2.14. The Labute approximate surface area is 174 Å². The molecule has 2 amide bonds. The minimum atomic E-state index is -0.615. The van der Waals surface area contributed by atoms with Gasteiger partial charge >= 0.3 is 0 Å². The second-order valence-electron chi connectivity index (χ2n) is 8.41. The second-order valence-corrected chi connectivity index (χ2v) is 8.41. The number of benzene rings is 1. The van der Waals surface area contributed by atoms with Gasteiger partial charge in [-0.15, -0.1) is 0 Å². The molecule has 0 aliphatic carbocycles. The Bertz CT molecular complexity index is 669. The molecule has 2 rings (SSSR count). The largest absolute Gasteiger partial charge is 0.345 e. The van der Waals surface area contributed by atoms with Crippen molar-refractivity contribution < 1.29 is 14.4 Å². The normalized spacial score (nSPS) is 16.8. The fourth-order valence-electron chi connectivity index (χ4n) is 3.68. The smallest absolute Gasteiger partial charge is 0.243 e. The number of Topliss-reactive ketones (excluding diaryl/α,β-unsaturated/α-hetero) is 1. The van der Waals surface area contributed by atoms with Crippen molar-refractivity contribution in [3.63, 3.8) is 0 Å². The van der Waals surface area contributed by atoms with Crippen molar-refractivity contribution in [2.24, 2.45) is 11.8 Å². The molecule has 0 saturated carbocycles. The van der Waals surface area contributed by atoms with Crippen molar-refractivity contribution in [2.45, 2.75) is 65.0 Å². The van der Waals surface area contributed by atoms with Crippen LogP contribution in [-0.4, -0.2) is 42.8 Å². The summed E-state index contributed by atoms with van der Waals surface area (Å²) in [5, 5.41) is 9.08. The molecule has 29 heavy (non-hydrogen) atoms. The van der Waals surface area contributed by atoms with Crippen LogP contribution in [-0.2, 0) is 20.8 Å². The molecule has 1 unspecified atom stereocenters. The number of nitrogens with one attached hydrogen (secondary N) is 3. The van der Waals surface area contributed by atoms with Crippen LogP contribution in [0.15, 0.2) is 30.3 Å². The third kappa shape index (κ3) is 7.97. The van der Waals surface area contributed by atoms with Crippen LogP contribution in [0.25, 0.3) is 0 Å². The van der Waals surface area contributed by atoms with Gasteiger partial charge in [0.05, 0.1) is 6.04 Å². The van der Waals surface area contributed by atoms with Gasteiger partial charge in [-0.05, 0) is 63.6 Å². The lowest BCUT2D eigenvalue weighted by Crippen LogP contribution is -2.53. The van der Waals surface area contributed by atoms with Gasteiger partial charge in [0.25, 0.3) is 0 Å². The van der Waals surface area contributed by atoms with Crippen LogP contribution in [0, 0.1) is 11.8 Å². The van der Waals surface area contributed by atoms with Gasteiger partial charge in [-0.2, -0.15) is 0 Å². The average Bonchev–Trinajstić information content (AvgIpc) is 2.71. The number of hydrogen-bond donors (Lipinski definition) is 3. The first-order valence-electron chi connectivity index (χ1n) is 10.7. The molecular weight excluding hydrogens is 366 g/mol. The summed E-state index contributed by atoms with van der Waals surface area (Å²) < 4.78 is 0. The summed E-state index contributed by atoms with van der Waals surface area (Å²) in [6, 6.07) is 8.75. The lowest BCUT2D eigenvalue weighted by atomic mass is 9.95. The molecule has 1 fully saturated rings. The van der Waals surface area contributed by atoms with Crippen molar-refractivity contribution in [2.75, 3.05) is 13.1 Å². The summed E-state index contributed by atoms with van der Waals surface area (Å²) >= 11 is 0. The standard InChI is InChI=1S/C23H35N3O3/c1-16(2)15-21(26-22(28)19-11-13-24-14-12-19)23(29)25-20(17(3)27)10-9-18-7-5-4-6-8-18/h4-8,16,19-21,24H,9-15H2,1-3H3,(H,25,29)(H,26,28)/t20?,21-/m0/s1. The SMILES string of the molecule is CC(=O)C(CCc1ccccc1)NC(=O)[C@H](CC(C)C)NC(=O)C1CCNCC1. The molecule has 1 aliphatic heterocycles. The number of rotatable bonds is 10. The monoisotopic (exact) mass is 401 g/mol. The maximum absolute atomic E-state index is 12.9. The second kappa shape index (κ2) is 11.7. The van der Waals surface area contributed by atoms with Crippen molar-refractivity contribution >= 4 is 17.6 Å². The predicted molar refractivity (Wildman–Crippen MR) is 114 cm³/mol. The van der Waals surface area contributed by atoms with E-state index in [-0.39, 0.29) is 29.4 Å². The highest BCUT2D eigenvalue weighted by molar-refractivity contribution is 5.92. The molecule has 160 valence electrons. The number of ketones is 1. The molecule has 0 spiro atoms. The lowest BCUT2D eigenvalue weighted by Gasteiger charge is -2.27. The summed E-state index contributed by atoms with van der Waals surface area (Å²) in [7, 11) is 0. The van der Waals surface area contributed by atoms with E-state index < -0.39 is 12.1 Å². The zero-order chi connectivity index (χ0) is 21.2. The van der Waals surface area contributed by atoms with Gasteiger partial charge < -0.3 is 16.0 Å². The van der Waals surface area contributed by atoms with E-state index in [0.717, 1.165) is 31.5 Å². The fourth-order valence-corrected chi connectivity index (χ4v) is 3.68. The molecule has 0 radical (unpaired) electrons. The molecule has 0 aromatic heterocycles. The van der Waals surface area contributed by atoms with E-state index in [1.165, 1.54) is 6.92 Å². The number of carbonyl (C=O) groups is 3. The van der Waals surface area contributed by atoms with Crippen molar-refractivity contribution in [3.8, 4) is 0 Å². The third-order valence-electron chi connectivity index (χ3n) is 5.42. The van der Waals surface area contributed by atoms with Crippen LogP contribution in [0.3, 0.4) is 0 Å². The van der Waals surface area contributed by atoms with Gasteiger partial charge in [0, 0.05) is 5.92 Å². The number of amides is 2. The molecule has 6 heteroatoms. The number of piperidine rings is 1. The van der Waals surface area contributed by atoms with E-state index in [9.17, 15) is 14.4 Å². The molecule has 1 saturated heterocycles. The van der Waals surface area contributed by atoms with Crippen LogP contribution >= 0.6 is 0 Å². The minimum absolute atomic E-state index is 0.0552. The quantitative estimate of drug-likeness (QED) is 0.561. The molecule has 1 aromatic rings. The van der Waals surface area contributed by atoms with Gasteiger partial charge in [-0.1, -0.05) is 44.2 Å². The van der Waals surface area contributed by atoms with Gasteiger partial charge in [0.1, 0.15) is 6.04 Å². The van der Waals surface area contributed by atoms with E-state index in [4.69, 9.17) is 0 Å². The Morgan fingerprint density at radius 1 is 1.03 bits per heavy atom. The zero-order valence-corrected chi connectivity index (χ0v) is 17.9. The van der Waals surface area contributed by atoms with Crippen molar-refractivity contribution in [3.05, 3.63) is 35.9 Å². The van der Waals surface area contributed by atoms with Crippen LogP contribution in [0.5, 0.6) is 0 Å². The fraction of sp³-hybridized carbons (Fsp3) is 0.609. The Balaban J connectivity index is 1.97. The summed E-state index contributed by atoms with van der Waals surface area (Å²) in [5.41, 5.74) is 1.13. The first-order chi connectivity index (χ1) is 13.9. The molecule has 3 N–H and O–H groups in total. The van der Waals surface area contributed by atoms with E-state index in [1.807, 2.05) is 44.2 Å². The molecule has 1 aromatic carbocycles. The van der Waals surface area contributed by atoms with Crippen LogP contribution in [0.1, 0.15) is 52.0 Å². The number of hydrogen-bond acceptors (Lipinski definition) is 4. The van der Waals surface area contributed by atoms with E-state index >= 15 is 0 Å². The molecule has 6 nitrogen and oxygen atoms in total. The molecular formula is C23H35N3O3. The Morgan fingerprint density at radius 3 is 2.28 bits per heavy atom. The zero-order valence-electron chi connectivity index (χ0n) is 17.9. The number of carbonyl (C=O) groups excluding carboxylic acids is 3. The minimum Gasteiger partial charge on any atom is -0.345 e. The lowest BCUT2D eigenvalue weighted by molar-refractivity contribution is -0.133. The molecule has 1 heterocycles. The van der Waals surface area contributed by atoms with Crippen LogP contribution in [0.2, 0.25) is 0 Å². The molecule has 2 atom stereocenters. The third-order valence-corrected chi connectivity index (χ3v) is 5.42. The Morgan fingerprint density at radius 2 is 1.69 bits per heavy atom. The van der Waals surface area contributed by atoms with Crippen molar-refractivity contribution in [1.82, 2.24) is 16.0 Å². The highest BCUT2D eigenvalue weighted by Gasteiger charge is 2.29. The number of aryl methyl sites for hydroxylation is 1. The maximum atomic E-state index is 12.9. The summed E-state index contributed by atoms with van der Waals surface area (Å²) in [6.45, 7) is 7.20. The molecule has 0 bridgehead atoms. The van der Waals surface area contributed by atoms with E-state index in [2.05, 4.69) is 16.0 Å². The van der Waals surface area contributed by atoms with Crippen LogP contribution in [0.4, 0.5) is 0 Å². The van der Waals surface area contributed by atoms with Crippen molar-refractivity contribution in [1.29, 1.82) is 0 Å². The Hall–Kier alpha value is -2.21. The van der Waals surface area contributed by atoms with Gasteiger partial charge in [0.15, 0.2) is 5.78 Å². The predicted octanol–water partition coefficient (Wildman–Crippen LogP) is 2.22. The van der Waals surface area contributed by atoms with Gasteiger partial charge in [0.2, 0.25) is 11.8 Å². The summed E-state index contributed by atoms with van der Waals surface area (Å²) in [5.74, 6) is -0.202. The first-order valence-corrected chi connectivity index (χ1v) is 10.7. The molecule has 1 aliphatic rings. The summed E-state index contributed by atoms with van der Waals surface area (Å²) in [4.78, 5) is 37.7. The Kier molecular flexibility index (Phi) is 9.32. The van der Waals surface area contributed by atoms with Gasteiger partial charge in [-0.3, -0.25) is 14.4 Å². The topological polar surface area (TPSA) is 87.3 Å². The summed E-state index contributed by atoms with van der Waals surface area (Å²) in [6.07, 6.45) is 3.37. The average molecular weight is 402 g/mol. The highest BCUT2D eigenvalue weighted by atomic mass is 16.2. The van der Waals surface area contributed by atoms with E-state index in [1.54, 1.807) is 0 Å². The van der Waals surface area contributed by atoms with Gasteiger partial charge in [-0.25, -0.2) is 0 Å². The first kappa shape index (κ1) is 23.1. The van der Waals surface area contributed by atoms with Crippen LogP contribution < -0.4 is 16.0 Å². The maximum Gasteiger partial charge on any atom is 0.243 e.